The smallest absolute Gasteiger partial charge is 0.294 e. The Balaban J connectivity index is 1.39. The Morgan fingerprint density at radius 2 is 1.91 bits per heavy atom. The van der Waals surface area contributed by atoms with Crippen LogP contribution in [-0.4, -0.2) is 55.0 Å². The maximum Gasteiger partial charge on any atom is 0.294 e. The topological polar surface area (TPSA) is 112 Å². The summed E-state index contributed by atoms with van der Waals surface area (Å²) in [7, 11) is -4.37. The number of anilines is 1. The molecular weight excluding hydrogens is 430 g/mol. The van der Waals surface area contributed by atoms with E-state index in [1.807, 2.05) is 24.3 Å². The van der Waals surface area contributed by atoms with Gasteiger partial charge in [-0.25, -0.2) is 0 Å². The monoisotopic (exact) mass is 453 g/mol. The number of aromatic nitrogens is 1. The van der Waals surface area contributed by atoms with E-state index in [2.05, 4.69) is 15.2 Å². The molecule has 5 rings (SSSR count). The molecular formula is C23H23N3O5S. The fourth-order valence-corrected chi connectivity index (χ4v) is 4.73. The number of carbonyl (C=O) groups is 1. The summed E-state index contributed by atoms with van der Waals surface area (Å²) >= 11 is 0. The van der Waals surface area contributed by atoms with Crippen LogP contribution in [0.25, 0.3) is 22.6 Å². The van der Waals surface area contributed by atoms with Gasteiger partial charge < -0.3 is 15.0 Å². The lowest BCUT2D eigenvalue weighted by Crippen LogP contribution is -2.25. The number of carbonyl (C=O) groups excluding carboxylic acids is 1. The summed E-state index contributed by atoms with van der Waals surface area (Å²) in [4.78, 5) is 17.9. The quantitative estimate of drug-likeness (QED) is 0.390. The Kier molecular flexibility index (Phi) is 5.24. The molecule has 3 N–H and O–H groups in total. The molecule has 0 aliphatic carbocycles. The molecule has 3 heterocycles. The minimum atomic E-state index is -4.37. The number of ether oxygens (including phenoxy) is 1. The molecule has 2 aliphatic rings. The summed E-state index contributed by atoms with van der Waals surface area (Å²) in [5, 5.41) is 3.66. The molecule has 3 aromatic rings. The SMILES string of the molecule is O=C1Nc2ccc(S(=O)(=O)O)cc2C1=Cc1cc2cc(OCCN3CCCC3)ccc2[nH]1. The third-order valence-electron chi connectivity index (χ3n) is 5.86. The first-order valence-electron chi connectivity index (χ1n) is 10.5. The molecule has 2 aliphatic heterocycles. The predicted octanol–water partition coefficient (Wildman–Crippen LogP) is 3.38. The van der Waals surface area contributed by atoms with Gasteiger partial charge in [-0.1, -0.05) is 0 Å². The lowest BCUT2D eigenvalue weighted by Gasteiger charge is -2.14. The number of nitrogens with zero attached hydrogens (tertiary/aromatic N) is 1. The van der Waals surface area contributed by atoms with E-state index in [-0.39, 0.29) is 10.8 Å². The fraction of sp³-hybridized carbons (Fsp3) is 0.261. The largest absolute Gasteiger partial charge is 0.492 e. The summed E-state index contributed by atoms with van der Waals surface area (Å²) < 4.78 is 38.2. The van der Waals surface area contributed by atoms with Crippen LogP contribution >= 0.6 is 0 Å². The van der Waals surface area contributed by atoms with E-state index in [0.717, 1.165) is 36.3 Å². The van der Waals surface area contributed by atoms with Crippen LogP contribution in [0.5, 0.6) is 5.75 Å². The zero-order valence-electron chi connectivity index (χ0n) is 17.3. The second-order valence-corrected chi connectivity index (χ2v) is 9.49. The second kappa shape index (κ2) is 8.09. The summed E-state index contributed by atoms with van der Waals surface area (Å²) in [6, 6.07) is 11.7. The van der Waals surface area contributed by atoms with E-state index in [0.29, 0.717) is 29.1 Å². The molecule has 1 aromatic heterocycles. The first-order chi connectivity index (χ1) is 15.4. The van der Waals surface area contributed by atoms with Gasteiger partial charge in [0.25, 0.3) is 16.0 Å². The van der Waals surface area contributed by atoms with E-state index >= 15 is 0 Å². The Morgan fingerprint density at radius 1 is 1.09 bits per heavy atom. The van der Waals surface area contributed by atoms with Crippen LogP contribution in [-0.2, 0) is 14.9 Å². The summed E-state index contributed by atoms with van der Waals surface area (Å²) in [6.45, 7) is 3.84. The van der Waals surface area contributed by atoms with Crippen molar-refractivity contribution in [2.45, 2.75) is 17.7 Å². The number of hydrogen-bond donors (Lipinski definition) is 3. The highest BCUT2D eigenvalue weighted by atomic mass is 32.2. The van der Waals surface area contributed by atoms with E-state index in [1.165, 1.54) is 31.0 Å². The van der Waals surface area contributed by atoms with Gasteiger partial charge in [0.2, 0.25) is 0 Å². The molecule has 0 radical (unpaired) electrons. The molecule has 0 spiro atoms. The maximum atomic E-state index is 12.5. The molecule has 2 aromatic carbocycles. The highest BCUT2D eigenvalue weighted by Crippen LogP contribution is 2.35. The molecule has 9 heteroatoms. The number of fused-ring (bicyclic) bond motifs is 2. The maximum absolute atomic E-state index is 12.5. The van der Waals surface area contributed by atoms with Crippen LogP contribution in [0.1, 0.15) is 24.1 Å². The molecule has 0 atom stereocenters. The standard InChI is InChI=1S/C23H23N3O5S/c27-23-20(19-14-18(32(28,29)30)4-6-22(19)25-23)13-16-11-15-12-17(3-5-21(15)24-16)31-10-9-26-7-1-2-8-26/h3-6,11-14,24H,1-2,7-10H2,(H,25,27)(H,28,29,30). The van der Waals surface area contributed by atoms with Gasteiger partial charge in [-0.05, 0) is 74.5 Å². The van der Waals surface area contributed by atoms with Crippen molar-refractivity contribution in [1.29, 1.82) is 0 Å². The van der Waals surface area contributed by atoms with Crippen LogP contribution < -0.4 is 10.1 Å². The third-order valence-corrected chi connectivity index (χ3v) is 6.71. The van der Waals surface area contributed by atoms with Crippen LogP contribution in [0, 0.1) is 0 Å². The van der Waals surface area contributed by atoms with Crippen molar-refractivity contribution in [2.75, 3.05) is 31.6 Å². The molecule has 0 unspecified atom stereocenters. The third kappa shape index (κ3) is 4.14. The number of aromatic amines is 1. The van der Waals surface area contributed by atoms with Crippen molar-refractivity contribution in [3.63, 3.8) is 0 Å². The first kappa shape index (κ1) is 20.7. The van der Waals surface area contributed by atoms with Gasteiger partial charge in [-0.3, -0.25) is 14.2 Å². The number of benzene rings is 2. The van der Waals surface area contributed by atoms with Crippen molar-refractivity contribution in [1.82, 2.24) is 9.88 Å². The summed E-state index contributed by atoms with van der Waals surface area (Å²) in [5.41, 5.74) is 2.84. The van der Waals surface area contributed by atoms with E-state index in [4.69, 9.17) is 4.74 Å². The molecule has 32 heavy (non-hydrogen) atoms. The molecule has 0 saturated carbocycles. The first-order valence-corrected chi connectivity index (χ1v) is 11.9. The van der Waals surface area contributed by atoms with Gasteiger partial charge in [0.1, 0.15) is 12.4 Å². The average Bonchev–Trinajstić information content (AvgIpc) is 3.46. The van der Waals surface area contributed by atoms with E-state index in [9.17, 15) is 17.8 Å². The zero-order chi connectivity index (χ0) is 22.3. The van der Waals surface area contributed by atoms with Crippen molar-refractivity contribution in [2.24, 2.45) is 0 Å². The number of likely N-dealkylation sites (tertiary alicyclic amines) is 1. The molecule has 1 fully saturated rings. The normalized spacial score (nSPS) is 17.8. The molecule has 166 valence electrons. The molecule has 8 nitrogen and oxygen atoms in total. The highest BCUT2D eigenvalue weighted by Gasteiger charge is 2.26. The van der Waals surface area contributed by atoms with Crippen LogP contribution in [0.4, 0.5) is 5.69 Å². The Labute approximate surface area is 185 Å². The van der Waals surface area contributed by atoms with E-state index in [1.54, 1.807) is 6.08 Å². The van der Waals surface area contributed by atoms with Gasteiger partial charge in [0, 0.05) is 34.4 Å². The number of hydrogen-bond acceptors (Lipinski definition) is 5. The van der Waals surface area contributed by atoms with E-state index < -0.39 is 10.1 Å². The van der Waals surface area contributed by atoms with Gasteiger partial charge in [-0.2, -0.15) is 8.42 Å². The Morgan fingerprint density at radius 3 is 2.69 bits per heavy atom. The van der Waals surface area contributed by atoms with Gasteiger partial charge in [0.15, 0.2) is 0 Å². The van der Waals surface area contributed by atoms with Gasteiger partial charge in [0.05, 0.1) is 10.5 Å². The number of nitrogens with one attached hydrogen (secondary N) is 2. The zero-order valence-corrected chi connectivity index (χ0v) is 18.1. The van der Waals surface area contributed by atoms with Crippen molar-refractivity contribution in [3.05, 3.63) is 53.7 Å². The number of amides is 1. The lowest BCUT2D eigenvalue weighted by atomic mass is 10.1. The van der Waals surface area contributed by atoms with Crippen molar-refractivity contribution in [3.8, 4) is 5.75 Å². The van der Waals surface area contributed by atoms with Gasteiger partial charge in [-0.15, -0.1) is 0 Å². The van der Waals surface area contributed by atoms with Crippen LogP contribution in [0.15, 0.2) is 47.4 Å². The molecule has 0 bridgehead atoms. The summed E-state index contributed by atoms with van der Waals surface area (Å²) in [5.74, 6) is 0.453. The van der Waals surface area contributed by atoms with Crippen molar-refractivity contribution < 1.29 is 22.5 Å². The minimum absolute atomic E-state index is 0.258. The van der Waals surface area contributed by atoms with Crippen LogP contribution in [0.3, 0.4) is 0 Å². The van der Waals surface area contributed by atoms with Gasteiger partial charge >= 0.3 is 0 Å². The molecule has 1 amide bonds. The fourth-order valence-electron chi connectivity index (χ4n) is 4.23. The minimum Gasteiger partial charge on any atom is -0.492 e. The number of H-pyrrole nitrogens is 1. The Hall–Kier alpha value is -3.14. The Bertz CT molecular complexity index is 1340. The molecule has 1 saturated heterocycles. The number of rotatable bonds is 6. The van der Waals surface area contributed by atoms with Crippen LogP contribution in [0.2, 0.25) is 0 Å². The predicted molar refractivity (Wildman–Crippen MR) is 122 cm³/mol. The lowest BCUT2D eigenvalue weighted by molar-refractivity contribution is -0.110. The summed E-state index contributed by atoms with van der Waals surface area (Å²) in [6.07, 6.45) is 4.18. The average molecular weight is 454 g/mol. The highest BCUT2D eigenvalue weighted by molar-refractivity contribution is 7.85. The second-order valence-electron chi connectivity index (χ2n) is 8.07. The van der Waals surface area contributed by atoms with Crippen molar-refractivity contribution >= 4 is 44.3 Å².